The van der Waals surface area contributed by atoms with Crippen LogP contribution >= 0.6 is 30.9 Å². The molecule has 0 radical (unpaired) electrons. The van der Waals surface area contributed by atoms with Gasteiger partial charge in [0.15, 0.2) is 0 Å². The molecule has 0 aromatic heterocycles. The zero-order valence-corrected chi connectivity index (χ0v) is 13.0. The normalized spacial score (nSPS) is 33.6. The summed E-state index contributed by atoms with van der Waals surface area (Å²) in [5, 5.41) is 0. The van der Waals surface area contributed by atoms with Crippen molar-refractivity contribution < 1.29 is 9.09 Å². The van der Waals surface area contributed by atoms with Crippen LogP contribution in [-0.2, 0) is 9.09 Å². The third kappa shape index (κ3) is 3.05. The second-order valence-electron chi connectivity index (χ2n) is 4.76. The van der Waals surface area contributed by atoms with Crippen molar-refractivity contribution in [3.63, 3.8) is 0 Å². The topological polar surface area (TPSA) is 32.8 Å². The highest BCUT2D eigenvalue weighted by Gasteiger charge is 2.45. The van der Waals surface area contributed by atoms with Crippen LogP contribution in [0.1, 0.15) is 25.7 Å². The van der Waals surface area contributed by atoms with Crippen molar-refractivity contribution in [1.82, 2.24) is 9.34 Å². The van der Waals surface area contributed by atoms with Gasteiger partial charge in [0.1, 0.15) is 0 Å². The van der Waals surface area contributed by atoms with Gasteiger partial charge in [-0.3, -0.25) is 4.57 Å². The summed E-state index contributed by atoms with van der Waals surface area (Å²) in [5.41, 5.74) is 0. The number of piperidine rings is 1. The standard InChI is InChI=1S/C11H21Cl2N2O2P/c12-5-8-14(9-6-13)18(16)15-7-2-1-3-11(15)4-10-17-18/h11H,1-10H2/t11-,18-/m1/s1. The molecule has 18 heavy (non-hydrogen) atoms. The Balaban J connectivity index is 2.16. The summed E-state index contributed by atoms with van der Waals surface area (Å²) in [4.78, 5) is 0. The lowest BCUT2D eigenvalue weighted by Crippen LogP contribution is -2.46. The van der Waals surface area contributed by atoms with Gasteiger partial charge < -0.3 is 4.52 Å². The molecular weight excluding hydrogens is 294 g/mol. The molecule has 7 heteroatoms. The van der Waals surface area contributed by atoms with Crippen LogP contribution in [-0.4, -0.2) is 53.4 Å². The maximum atomic E-state index is 13.2. The molecule has 2 heterocycles. The Bertz CT molecular complexity index is 311. The second kappa shape index (κ2) is 6.92. The molecule has 0 amide bonds. The van der Waals surface area contributed by atoms with Crippen LogP contribution < -0.4 is 0 Å². The SMILES string of the molecule is O=[P@]1(N(CCCl)CCCl)OCC[C@H]2CCCCN21. The fourth-order valence-electron chi connectivity index (χ4n) is 2.80. The summed E-state index contributed by atoms with van der Waals surface area (Å²) in [6, 6.07) is 0.409. The molecule has 2 rings (SSSR count). The number of hydrogen-bond donors (Lipinski definition) is 0. The van der Waals surface area contributed by atoms with Crippen LogP contribution in [0.4, 0.5) is 0 Å². The summed E-state index contributed by atoms with van der Waals surface area (Å²) >= 11 is 11.6. The van der Waals surface area contributed by atoms with Crippen molar-refractivity contribution in [1.29, 1.82) is 0 Å². The highest BCUT2D eigenvalue weighted by Crippen LogP contribution is 2.59. The minimum atomic E-state index is -2.89. The zero-order chi connectivity index (χ0) is 13.0. The minimum absolute atomic E-state index is 0.409. The van der Waals surface area contributed by atoms with Crippen LogP contribution in [0.15, 0.2) is 0 Å². The van der Waals surface area contributed by atoms with E-state index in [1.807, 2.05) is 4.67 Å². The lowest BCUT2D eigenvalue weighted by atomic mass is 10.0. The predicted octanol–water partition coefficient (Wildman–Crippen LogP) is 3.15. The maximum absolute atomic E-state index is 13.2. The van der Waals surface area contributed by atoms with Crippen molar-refractivity contribution in [3.8, 4) is 0 Å². The first-order valence-electron chi connectivity index (χ1n) is 6.61. The monoisotopic (exact) mass is 314 g/mol. The van der Waals surface area contributed by atoms with Crippen LogP contribution in [0.5, 0.6) is 0 Å². The van der Waals surface area contributed by atoms with Crippen molar-refractivity contribution >= 4 is 30.9 Å². The van der Waals surface area contributed by atoms with Gasteiger partial charge >= 0.3 is 7.67 Å². The molecule has 0 spiro atoms. The Morgan fingerprint density at radius 3 is 2.61 bits per heavy atom. The Labute approximate surface area is 119 Å². The van der Waals surface area contributed by atoms with E-state index in [4.69, 9.17) is 27.7 Å². The second-order valence-corrected chi connectivity index (χ2v) is 7.83. The quantitative estimate of drug-likeness (QED) is 0.576. The summed E-state index contributed by atoms with van der Waals surface area (Å²) in [6.07, 6.45) is 4.44. The fourth-order valence-corrected chi connectivity index (χ4v) is 6.16. The molecule has 4 nitrogen and oxygen atoms in total. The number of alkyl halides is 2. The van der Waals surface area contributed by atoms with E-state index in [1.165, 1.54) is 6.42 Å². The molecule has 0 unspecified atom stereocenters. The summed E-state index contributed by atoms with van der Waals surface area (Å²) in [6.45, 7) is 2.58. The molecule has 2 saturated heterocycles. The predicted molar refractivity (Wildman–Crippen MR) is 75.5 cm³/mol. The molecule has 2 atom stereocenters. The van der Waals surface area contributed by atoms with Crippen molar-refractivity contribution in [2.24, 2.45) is 0 Å². The summed E-state index contributed by atoms with van der Waals surface area (Å²) < 4.78 is 22.8. The van der Waals surface area contributed by atoms with E-state index in [0.717, 1.165) is 25.8 Å². The average molecular weight is 315 g/mol. The van der Waals surface area contributed by atoms with Crippen molar-refractivity contribution in [2.45, 2.75) is 31.7 Å². The molecule has 0 aromatic rings. The first-order valence-corrected chi connectivity index (χ1v) is 9.21. The number of nitrogens with zero attached hydrogens (tertiary/aromatic N) is 2. The van der Waals surface area contributed by atoms with Crippen molar-refractivity contribution in [3.05, 3.63) is 0 Å². The lowest BCUT2D eigenvalue weighted by Gasteiger charge is -2.47. The van der Waals surface area contributed by atoms with E-state index in [-0.39, 0.29) is 0 Å². The van der Waals surface area contributed by atoms with Gasteiger partial charge in [-0.15, -0.1) is 23.2 Å². The van der Waals surface area contributed by atoms with Gasteiger partial charge in [-0.05, 0) is 19.3 Å². The Hall–Kier alpha value is 0.690. The molecule has 0 bridgehead atoms. The molecule has 0 aliphatic carbocycles. The van der Waals surface area contributed by atoms with Gasteiger partial charge in [0.25, 0.3) is 0 Å². The third-order valence-electron chi connectivity index (χ3n) is 3.67. The molecule has 0 saturated carbocycles. The van der Waals surface area contributed by atoms with Gasteiger partial charge in [-0.1, -0.05) is 6.42 Å². The minimum Gasteiger partial charge on any atom is -0.306 e. The number of halogens is 2. The van der Waals surface area contributed by atoms with Gasteiger partial charge in [-0.2, -0.15) is 0 Å². The van der Waals surface area contributed by atoms with E-state index in [9.17, 15) is 4.57 Å². The van der Waals surface area contributed by atoms with E-state index in [2.05, 4.69) is 4.67 Å². The van der Waals surface area contributed by atoms with Gasteiger partial charge in [-0.25, -0.2) is 9.34 Å². The highest BCUT2D eigenvalue weighted by molar-refractivity contribution is 7.54. The van der Waals surface area contributed by atoms with E-state index in [0.29, 0.717) is 37.5 Å². The van der Waals surface area contributed by atoms with Crippen LogP contribution in [0.3, 0.4) is 0 Å². The Morgan fingerprint density at radius 2 is 1.94 bits per heavy atom. The Morgan fingerprint density at radius 1 is 1.22 bits per heavy atom. The van der Waals surface area contributed by atoms with E-state index < -0.39 is 7.67 Å². The Kier molecular flexibility index (Phi) is 5.80. The van der Waals surface area contributed by atoms with Crippen LogP contribution in [0.25, 0.3) is 0 Å². The number of fused-ring (bicyclic) bond motifs is 1. The van der Waals surface area contributed by atoms with Crippen LogP contribution in [0, 0.1) is 0 Å². The molecular formula is C11H21Cl2N2O2P. The van der Waals surface area contributed by atoms with Crippen LogP contribution in [0.2, 0.25) is 0 Å². The smallest absolute Gasteiger partial charge is 0.306 e. The molecule has 106 valence electrons. The molecule has 2 aliphatic rings. The molecule has 0 aromatic carbocycles. The molecule has 0 N–H and O–H groups in total. The first-order chi connectivity index (χ1) is 8.72. The lowest BCUT2D eigenvalue weighted by molar-refractivity contribution is 0.105. The molecule has 2 aliphatic heterocycles. The summed E-state index contributed by atoms with van der Waals surface area (Å²) in [5.74, 6) is 0.894. The molecule has 2 fully saturated rings. The van der Waals surface area contributed by atoms with E-state index >= 15 is 0 Å². The maximum Gasteiger partial charge on any atom is 0.346 e. The largest absolute Gasteiger partial charge is 0.346 e. The third-order valence-corrected chi connectivity index (χ3v) is 6.82. The van der Waals surface area contributed by atoms with E-state index in [1.54, 1.807) is 0 Å². The fraction of sp³-hybridized carbons (Fsp3) is 1.00. The van der Waals surface area contributed by atoms with Crippen molar-refractivity contribution in [2.75, 3.05) is 38.0 Å². The zero-order valence-electron chi connectivity index (χ0n) is 10.6. The summed E-state index contributed by atoms with van der Waals surface area (Å²) in [7, 11) is -2.89. The first kappa shape index (κ1) is 15.1. The van der Waals surface area contributed by atoms with Gasteiger partial charge in [0.05, 0.1) is 6.61 Å². The number of rotatable bonds is 5. The number of hydrogen-bond acceptors (Lipinski definition) is 2. The highest BCUT2D eigenvalue weighted by atomic mass is 35.5. The van der Waals surface area contributed by atoms with Gasteiger partial charge in [0.2, 0.25) is 0 Å². The average Bonchev–Trinajstić information content (AvgIpc) is 2.39. The van der Waals surface area contributed by atoms with Gasteiger partial charge in [0, 0.05) is 37.4 Å².